The van der Waals surface area contributed by atoms with Crippen LogP contribution in [0.2, 0.25) is 0 Å². The van der Waals surface area contributed by atoms with E-state index in [-0.39, 0.29) is 24.4 Å². The third-order valence-electron chi connectivity index (χ3n) is 3.40. The second kappa shape index (κ2) is 7.96. The number of amides is 1. The topological polar surface area (TPSA) is 72.9 Å². The molecule has 0 bridgehead atoms. The summed E-state index contributed by atoms with van der Waals surface area (Å²) in [5, 5.41) is 7.35. The minimum Gasteiger partial charge on any atom is -0.328 e. The molecule has 1 aromatic heterocycles. The molecule has 0 spiro atoms. The fourth-order valence-electron chi connectivity index (χ4n) is 2.14. The van der Waals surface area contributed by atoms with Crippen LogP contribution in [0.3, 0.4) is 0 Å². The average molecular weight is 323 g/mol. The molecule has 0 saturated heterocycles. The molecule has 1 unspecified atom stereocenters. The van der Waals surface area contributed by atoms with E-state index in [0.717, 1.165) is 16.8 Å². The number of benzene rings is 1. The molecule has 0 aliphatic carbocycles. The largest absolute Gasteiger partial charge is 0.328 e. The summed E-state index contributed by atoms with van der Waals surface area (Å²) >= 11 is 0. The second-order valence-electron chi connectivity index (χ2n) is 5.42. The highest BCUT2D eigenvalue weighted by Crippen LogP contribution is 2.24. The van der Waals surface area contributed by atoms with Crippen molar-refractivity contribution in [1.82, 2.24) is 9.78 Å². The Hall–Kier alpha value is -1.85. The summed E-state index contributed by atoms with van der Waals surface area (Å²) in [5.41, 5.74) is 8.75. The highest BCUT2D eigenvalue weighted by Gasteiger charge is 2.11. The fraction of sp³-hybridized carbons (Fsp3) is 0.375. The van der Waals surface area contributed by atoms with Gasteiger partial charge in [-0.15, -0.1) is 12.4 Å². The van der Waals surface area contributed by atoms with Gasteiger partial charge in [-0.05, 0) is 25.8 Å². The van der Waals surface area contributed by atoms with Crippen molar-refractivity contribution in [3.63, 3.8) is 0 Å². The summed E-state index contributed by atoms with van der Waals surface area (Å²) in [6.07, 6.45) is 1.09. The van der Waals surface area contributed by atoms with Crippen LogP contribution in [-0.4, -0.2) is 21.7 Å². The Labute approximate surface area is 137 Å². The first kappa shape index (κ1) is 18.2. The van der Waals surface area contributed by atoms with Crippen LogP contribution in [0.4, 0.5) is 5.82 Å². The number of nitrogens with one attached hydrogen (secondary N) is 1. The van der Waals surface area contributed by atoms with Gasteiger partial charge in [-0.1, -0.05) is 24.3 Å². The minimum absolute atomic E-state index is 0. The molecule has 6 heteroatoms. The Kier molecular flexibility index (Phi) is 6.59. The van der Waals surface area contributed by atoms with E-state index in [1.807, 2.05) is 51.2 Å². The van der Waals surface area contributed by atoms with Crippen LogP contribution in [0, 0.1) is 6.92 Å². The van der Waals surface area contributed by atoms with E-state index in [0.29, 0.717) is 18.7 Å². The standard InChI is InChI=1S/C16H22N4O.ClH/c1-11-6-4-5-7-13(11)14-10-15(20(3)19-14)18-16(21)9-8-12(2)17;/h4-7,10,12H,8-9,17H2,1-3H3,(H,18,21);1H. The van der Waals surface area contributed by atoms with Gasteiger partial charge in [0.15, 0.2) is 0 Å². The van der Waals surface area contributed by atoms with Gasteiger partial charge in [-0.25, -0.2) is 0 Å². The number of carbonyl (C=O) groups is 1. The summed E-state index contributed by atoms with van der Waals surface area (Å²) in [7, 11) is 1.82. The van der Waals surface area contributed by atoms with Gasteiger partial charge in [-0.2, -0.15) is 5.10 Å². The van der Waals surface area contributed by atoms with E-state index in [2.05, 4.69) is 10.4 Å². The van der Waals surface area contributed by atoms with Gasteiger partial charge >= 0.3 is 0 Å². The summed E-state index contributed by atoms with van der Waals surface area (Å²) < 4.78 is 1.69. The Bertz CT molecular complexity index is 637. The molecule has 1 aromatic carbocycles. The Morgan fingerprint density at radius 1 is 1.41 bits per heavy atom. The van der Waals surface area contributed by atoms with E-state index in [1.54, 1.807) is 4.68 Å². The van der Waals surface area contributed by atoms with Crippen LogP contribution in [0.1, 0.15) is 25.3 Å². The molecule has 1 heterocycles. The number of halogens is 1. The lowest BCUT2D eigenvalue weighted by atomic mass is 10.1. The van der Waals surface area contributed by atoms with Gasteiger partial charge in [0.25, 0.3) is 0 Å². The average Bonchev–Trinajstić information content (AvgIpc) is 2.78. The van der Waals surface area contributed by atoms with Crippen molar-refractivity contribution in [3.05, 3.63) is 35.9 Å². The fourth-order valence-corrected chi connectivity index (χ4v) is 2.14. The van der Waals surface area contributed by atoms with Crippen LogP contribution < -0.4 is 11.1 Å². The smallest absolute Gasteiger partial charge is 0.225 e. The first-order valence-electron chi connectivity index (χ1n) is 7.13. The zero-order valence-corrected chi connectivity index (χ0v) is 14.0. The van der Waals surface area contributed by atoms with Crippen molar-refractivity contribution in [2.24, 2.45) is 12.8 Å². The molecule has 0 saturated carbocycles. The number of hydrogen-bond donors (Lipinski definition) is 2. The highest BCUT2D eigenvalue weighted by atomic mass is 35.5. The quantitative estimate of drug-likeness (QED) is 0.889. The molecule has 0 aliphatic heterocycles. The van der Waals surface area contributed by atoms with Crippen molar-refractivity contribution >= 4 is 24.1 Å². The van der Waals surface area contributed by atoms with Crippen LogP contribution in [0.5, 0.6) is 0 Å². The molecule has 3 N–H and O–H groups in total. The number of aryl methyl sites for hydroxylation is 2. The minimum atomic E-state index is -0.0355. The molecule has 22 heavy (non-hydrogen) atoms. The molecule has 0 fully saturated rings. The molecular formula is C16H23ClN4O. The summed E-state index contributed by atoms with van der Waals surface area (Å²) in [5.74, 6) is 0.662. The first-order valence-corrected chi connectivity index (χ1v) is 7.13. The normalized spacial score (nSPS) is 11.6. The number of aromatic nitrogens is 2. The maximum absolute atomic E-state index is 11.9. The number of anilines is 1. The van der Waals surface area contributed by atoms with Crippen molar-refractivity contribution < 1.29 is 4.79 Å². The van der Waals surface area contributed by atoms with Crippen LogP contribution >= 0.6 is 12.4 Å². The van der Waals surface area contributed by atoms with Gasteiger partial charge in [0, 0.05) is 31.1 Å². The Balaban J connectivity index is 0.00000242. The molecule has 0 radical (unpaired) electrons. The molecule has 0 aliphatic rings. The predicted molar refractivity (Wildman–Crippen MR) is 92.1 cm³/mol. The summed E-state index contributed by atoms with van der Waals surface area (Å²) in [6, 6.07) is 9.98. The van der Waals surface area contributed by atoms with Crippen LogP contribution in [-0.2, 0) is 11.8 Å². The molecule has 1 atom stereocenters. The van der Waals surface area contributed by atoms with Crippen molar-refractivity contribution in [2.45, 2.75) is 32.7 Å². The second-order valence-corrected chi connectivity index (χ2v) is 5.42. The maximum Gasteiger partial charge on any atom is 0.225 e. The lowest BCUT2D eigenvalue weighted by molar-refractivity contribution is -0.116. The van der Waals surface area contributed by atoms with Gasteiger partial charge in [0.2, 0.25) is 5.91 Å². The van der Waals surface area contributed by atoms with Crippen molar-refractivity contribution in [2.75, 3.05) is 5.32 Å². The molecule has 2 aromatic rings. The van der Waals surface area contributed by atoms with E-state index in [4.69, 9.17) is 5.73 Å². The van der Waals surface area contributed by atoms with Crippen LogP contribution in [0.15, 0.2) is 30.3 Å². The van der Waals surface area contributed by atoms with E-state index in [1.165, 1.54) is 0 Å². The monoisotopic (exact) mass is 322 g/mol. The third kappa shape index (κ3) is 4.58. The molecule has 120 valence electrons. The molecule has 5 nitrogen and oxygen atoms in total. The van der Waals surface area contributed by atoms with Crippen molar-refractivity contribution in [1.29, 1.82) is 0 Å². The number of nitrogens with zero attached hydrogens (tertiary/aromatic N) is 2. The number of carbonyl (C=O) groups excluding carboxylic acids is 1. The lowest BCUT2D eigenvalue weighted by Gasteiger charge is -2.06. The Morgan fingerprint density at radius 2 is 2.09 bits per heavy atom. The van der Waals surface area contributed by atoms with E-state index in [9.17, 15) is 4.79 Å². The van der Waals surface area contributed by atoms with E-state index < -0.39 is 0 Å². The zero-order valence-electron chi connectivity index (χ0n) is 13.2. The Morgan fingerprint density at radius 3 is 2.73 bits per heavy atom. The molecular weight excluding hydrogens is 300 g/mol. The summed E-state index contributed by atoms with van der Waals surface area (Å²) in [4.78, 5) is 11.9. The number of nitrogens with two attached hydrogens (primary N) is 1. The number of rotatable bonds is 5. The summed E-state index contributed by atoms with van der Waals surface area (Å²) in [6.45, 7) is 3.94. The predicted octanol–water partition coefficient (Wildman–Crippen LogP) is 2.88. The van der Waals surface area contributed by atoms with Gasteiger partial charge in [0.05, 0.1) is 5.69 Å². The van der Waals surface area contributed by atoms with Gasteiger partial charge < -0.3 is 11.1 Å². The van der Waals surface area contributed by atoms with Gasteiger partial charge in [0.1, 0.15) is 5.82 Å². The molecule has 1 amide bonds. The zero-order chi connectivity index (χ0) is 15.4. The van der Waals surface area contributed by atoms with Gasteiger partial charge in [-0.3, -0.25) is 9.48 Å². The lowest BCUT2D eigenvalue weighted by Crippen LogP contribution is -2.20. The third-order valence-corrected chi connectivity index (χ3v) is 3.40. The first-order chi connectivity index (χ1) is 9.97. The molecule has 2 rings (SSSR count). The number of hydrogen-bond acceptors (Lipinski definition) is 3. The van der Waals surface area contributed by atoms with E-state index >= 15 is 0 Å². The van der Waals surface area contributed by atoms with Crippen molar-refractivity contribution in [3.8, 4) is 11.3 Å². The van der Waals surface area contributed by atoms with Crippen LogP contribution in [0.25, 0.3) is 11.3 Å². The highest BCUT2D eigenvalue weighted by molar-refractivity contribution is 5.90. The maximum atomic E-state index is 11.9. The SMILES string of the molecule is Cc1ccccc1-c1cc(NC(=O)CCC(C)N)n(C)n1.Cl.